The minimum atomic E-state index is 0. The van der Waals surface area contributed by atoms with Crippen molar-refractivity contribution < 1.29 is 31.9 Å². The van der Waals surface area contributed by atoms with Crippen LogP contribution in [0, 0.1) is 7.43 Å². The molecular formula is C2H7O2Ti-. The Balaban J connectivity index is -0.0000000200. The van der Waals surface area contributed by atoms with Gasteiger partial charge in [0.05, 0.1) is 7.11 Å². The van der Waals surface area contributed by atoms with Crippen molar-refractivity contribution in [2.45, 2.75) is 0 Å². The molecule has 0 radical (unpaired) electrons. The molecule has 0 unspecified atom stereocenters. The summed E-state index contributed by atoms with van der Waals surface area (Å²) in [6.07, 6.45) is 0. The van der Waals surface area contributed by atoms with Gasteiger partial charge in [0, 0.05) is 21.7 Å². The molecule has 0 aliphatic carbocycles. The monoisotopic (exact) mass is 111 g/mol. The van der Waals surface area contributed by atoms with Gasteiger partial charge >= 0.3 is 0 Å². The second-order valence-electron chi connectivity index (χ2n) is 0.183. The molecule has 0 saturated carbocycles. The van der Waals surface area contributed by atoms with Gasteiger partial charge in [-0.2, -0.15) is 0 Å². The van der Waals surface area contributed by atoms with E-state index < -0.39 is 0 Å². The van der Waals surface area contributed by atoms with Crippen molar-refractivity contribution in [1.29, 1.82) is 0 Å². The molecule has 3 heteroatoms. The first kappa shape index (κ1) is 17.4. The number of rotatable bonds is 0. The van der Waals surface area contributed by atoms with Crippen molar-refractivity contribution in [3.8, 4) is 0 Å². The molecule has 0 amide bonds. The molecule has 0 fully saturated rings. The van der Waals surface area contributed by atoms with Crippen molar-refractivity contribution in [3.05, 3.63) is 7.43 Å². The van der Waals surface area contributed by atoms with Crippen LogP contribution in [0.25, 0.3) is 0 Å². The second kappa shape index (κ2) is 22.9. The Kier molecular flexibility index (Phi) is 79.9. The Labute approximate surface area is 47.0 Å². The van der Waals surface area contributed by atoms with Crippen LogP contribution in [0.1, 0.15) is 0 Å². The first-order valence-electron chi connectivity index (χ1n) is 0.591. The first-order valence-corrected chi connectivity index (χ1v) is 0.591. The van der Waals surface area contributed by atoms with E-state index in [4.69, 9.17) is 5.26 Å². The summed E-state index contributed by atoms with van der Waals surface area (Å²) in [4.78, 5) is 3.25. The molecular weight excluding hydrogens is 104 g/mol. The van der Waals surface area contributed by atoms with Gasteiger partial charge in [-0.1, -0.05) is 0 Å². The summed E-state index contributed by atoms with van der Waals surface area (Å²) >= 11 is 0. The van der Waals surface area contributed by atoms with Crippen LogP contribution in [0.2, 0.25) is 0 Å². The molecule has 0 aromatic heterocycles. The van der Waals surface area contributed by atoms with Crippen LogP contribution in [0.4, 0.5) is 0 Å². The molecule has 0 aromatic carbocycles. The average Bonchev–Trinajstić information content (AvgIpc) is 0.918. The Morgan fingerprint density at radius 1 is 1.60 bits per heavy atom. The average molecular weight is 111 g/mol. The van der Waals surface area contributed by atoms with E-state index in [2.05, 4.69) is 4.89 Å². The normalized spacial score (nSPS) is 3.60. The molecule has 0 spiro atoms. The van der Waals surface area contributed by atoms with Crippen LogP contribution in [-0.4, -0.2) is 12.4 Å². The summed E-state index contributed by atoms with van der Waals surface area (Å²) in [5, 5.41) is 7.07. The van der Waals surface area contributed by atoms with Crippen LogP contribution >= 0.6 is 0 Å². The van der Waals surface area contributed by atoms with Crippen molar-refractivity contribution in [2.24, 2.45) is 0 Å². The van der Waals surface area contributed by atoms with Gasteiger partial charge in [-0.15, -0.1) is 0 Å². The minimum absolute atomic E-state index is 0. The summed E-state index contributed by atoms with van der Waals surface area (Å²) in [6, 6.07) is 0. The molecule has 2 nitrogen and oxygen atoms in total. The van der Waals surface area contributed by atoms with E-state index in [1.165, 1.54) is 7.11 Å². The van der Waals surface area contributed by atoms with Gasteiger partial charge in [-0.25, -0.2) is 4.89 Å². The topological polar surface area (TPSA) is 29.5 Å². The third kappa shape index (κ3) is 79.9. The fourth-order valence-corrected chi connectivity index (χ4v) is 0. The Morgan fingerprint density at radius 2 is 1.60 bits per heavy atom. The Bertz CT molecular complexity index is 7.61. The van der Waals surface area contributed by atoms with Crippen molar-refractivity contribution in [1.82, 2.24) is 0 Å². The smallest absolute Gasteiger partial charge is 0.0710 e. The van der Waals surface area contributed by atoms with Gasteiger partial charge in [0.15, 0.2) is 0 Å². The van der Waals surface area contributed by atoms with Gasteiger partial charge in [-0.05, 0) is 0 Å². The standard InChI is InChI=1S/CH4O2.CH3.Ti/c1-3-2;;/h2H,1H3;1H3;/q;-1;. The van der Waals surface area contributed by atoms with Crippen LogP contribution in [0.15, 0.2) is 0 Å². The van der Waals surface area contributed by atoms with Gasteiger partial charge in [-0.3, -0.25) is 5.26 Å². The maximum atomic E-state index is 7.07. The van der Waals surface area contributed by atoms with E-state index in [-0.39, 0.29) is 29.1 Å². The zero-order valence-corrected chi connectivity index (χ0v) is 4.92. The molecule has 32 valence electrons. The zero-order valence-electron chi connectivity index (χ0n) is 3.36. The maximum absolute atomic E-state index is 7.07. The molecule has 0 rings (SSSR count). The maximum Gasteiger partial charge on any atom is 0.0710 e. The summed E-state index contributed by atoms with van der Waals surface area (Å²) < 4.78 is 0. The van der Waals surface area contributed by atoms with E-state index in [9.17, 15) is 0 Å². The summed E-state index contributed by atoms with van der Waals surface area (Å²) in [5.41, 5.74) is 0. The summed E-state index contributed by atoms with van der Waals surface area (Å²) in [5.74, 6) is 0. The molecule has 0 aliphatic heterocycles. The molecule has 0 saturated heterocycles. The predicted octanol–water partition coefficient (Wildman–Crippen LogP) is 0.554. The quantitative estimate of drug-likeness (QED) is 0.214. The third-order valence-corrected chi connectivity index (χ3v) is 0. The molecule has 0 atom stereocenters. The fourth-order valence-electron chi connectivity index (χ4n) is 0. The summed E-state index contributed by atoms with van der Waals surface area (Å²) in [6.45, 7) is 0. The molecule has 0 heterocycles. The fraction of sp³-hybridized carbons (Fsp3) is 0.500. The van der Waals surface area contributed by atoms with Crippen molar-refractivity contribution >= 4 is 0 Å². The zero-order chi connectivity index (χ0) is 2.71. The molecule has 1 N–H and O–H groups in total. The summed E-state index contributed by atoms with van der Waals surface area (Å²) in [7, 11) is 1.18. The Hall–Kier alpha value is 0.634. The molecule has 0 aromatic rings. The molecule has 5 heavy (non-hydrogen) atoms. The first-order chi connectivity index (χ1) is 1.41. The van der Waals surface area contributed by atoms with Gasteiger partial charge in [0.1, 0.15) is 0 Å². The van der Waals surface area contributed by atoms with Crippen LogP contribution in [0.5, 0.6) is 0 Å². The molecule has 0 aliphatic rings. The van der Waals surface area contributed by atoms with Crippen LogP contribution in [0.3, 0.4) is 0 Å². The van der Waals surface area contributed by atoms with Gasteiger partial charge in [0.2, 0.25) is 0 Å². The number of hydrogen-bond acceptors (Lipinski definition) is 2. The van der Waals surface area contributed by atoms with E-state index in [1.807, 2.05) is 0 Å². The Morgan fingerprint density at radius 3 is 1.60 bits per heavy atom. The van der Waals surface area contributed by atoms with Crippen molar-refractivity contribution in [3.63, 3.8) is 0 Å². The van der Waals surface area contributed by atoms with E-state index >= 15 is 0 Å². The third-order valence-electron chi connectivity index (χ3n) is 0. The van der Waals surface area contributed by atoms with E-state index in [1.54, 1.807) is 0 Å². The SMILES string of the molecule is COO.[CH3-].[Ti]. The predicted molar refractivity (Wildman–Crippen MR) is 16.1 cm³/mol. The van der Waals surface area contributed by atoms with Crippen molar-refractivity contribution in [2.75, 3.05) is 7.11 Å². The second-order valence-corrected chi connectivity index (χ2v) is 0.183. The van der Waals surface area contributed by atoms with Crippen LogP contribution in [-0.2, 0) is 26.6 Å². The van der Waals surface area contributed by atoms with E-state index in [0.29, 0.717) is 0 Å². The van der Waals surface area contributed by atoms with E-state index in [0.717, 1.165) is 0 Å². The van der Waals surface area contributed by atoms with Gasteiger partial charge in [0.25, 0.3) is 0 Å². The largest absolute Gasteiger partial charge is 0.358 e. The number of hydrogen-bond donors (Lipinski definition) is 1. The van der Waals surface area contributed by atoms with Gasteiger partial charge < -0.3 is 7.43 Å². The minimum Gasteiger partial charge on any atom is -0.358 e. The molecule has 0 bridgehead atoms. The van der Waals surface area contributed by atoms with Crippen LogP contribution < -0.4 is 0 Å².